The Bertz CT molecular complexity index is 413. The second kappa shape index (κ2) is 6.14. The van der Waals surface area contributed by atoms with Crippen molar-refractivity contribution in [3.8, 4) is 0 Å². The van der Waals surface area contributed by atoms with Crippen molar-refractivity contribution in [2.75, 3.05) is 5.32 Å². The molecule has 18 heavy (non-hydrogen) atoms. The number of nitrogens with one attached hydrogen (secondary N) is 1. The van der Waals surface area contributed by atoms with E-state index in [1.807, 2.05) is 12.1 Å². The summed E-state index contributed by atoms with van der Waals surface area (Å²) in [6.07, 6.45) is 8.55. The molecule has 0 saturated heterocycles. The van der Waals surface area contributed by atoms with Crippen molar-refractivity contribution in [2.45, 2.75) is 45.1 Å². The number of thiocarbonyl (C=S) groups is 1. The summed E-state index contributed by atoms with van der Waals surface area (Å²) < 4.78 is 0. The number of anilines is 1. The molecule has 0 bridgehead atoms. The van der Waals surface area contributed by atoms with Crippen molar-refractivity contribution in [2.24, 2.45) is 11.7 Å². The Morgan fingerprint density at radius 1 is 1.44 bits per heavy atom. The Kier molecular flexibility index (Phi) is 4.53. The van der Waals surface area contributed by atoms with Crippen LogP contribution in [0.5, 0.6) is 0 Å². The average molecular weight is 263 g/mol. The van der Waals surface area contributed by atoms with E-state index < -0.39 is 0 Å². The molecule has 1 fully saturated rings. The van der Waals surface area contributed by atoms with Gasteiger partial charge in [0.2, 0.25) is 0 Å². The first kappa shape index (κ1) is 13.3. The van der Waals surface area contributed by atoms with Crippen molar-refractivity contribution in [1.29, 1.82) is 0 Å². The van der Waals surface area contributed by atoms with Gasteiger partial charge in [0.1, 0.15) is 4.99 Å². The molecule has 98 valence electrons. The van der Waals surface area contributed by atoms with Crippen molar-refractivity contribution >= 4 is 22.9 Å². The van der Waals surface area contributed by atoms with E-state index in [-0.39, 0.29) is 0 Å². The molecule has 1 heterocycles. The zero-order chi connectivity index (χ0) is 13.0. The monoisotopic (exact) mass is 263 g/mol. The maximum absolute atomic E-state index is 5.60. The minimum atomic E-state index is 0.351. The van der Waals surface area contributed by atoms with Gasteiger partial charge in [0.25, 0.3) is 0 Å². The molecule has 0 aliphatic heterocycles. The van der Waals surface area contributed by atoms with Gasteiger partial charge in [0.15, 0.2) is 0 Å². The molecule has 1 aromatic heterocycles. The highest BCUT2D eigenvalue weighted by molar-refractivity contribution is 7.80. The smallest absolute Gasteiger partial charge is 0.122 e. The first-order valence-electron chi connectivity index (χ1n) is 6.69. The topological polar surface area (TPSA) is 50.9 Å². The Morgan fingerprint density at radius 3 is 2.83 bits per heavy atom. The fourth-order valence-corrected chi connectivity index (χ4v) is 2.78. The minimum absolute atomic E-state index is 0.351. The SMILES string of the molecule is CC(Nc1ccnc(C(N)=S)c1)C1CCCCC1. The number of nitrogens with two attached hydrogens (primary N) is 1. The molecule has 1 aliphatic carbocycles. The lowest BCUT2D eigenvalue weighted by atomic mass is 9.84. The molecule has 0 radical (unpaired) electrons. The van der Waals surface area contributed by atoms with Crippen LogP contribution < -0.4 is 11.1 Å². The van der Waals surface area contributed by atoms with E-state index in [0.29, 0.717) is 16.7 Å². The number of nitrogens with zero attached hydrogens (tertiary/aromatic N) is 1. The molecule has 1 atom stereocenters. The lowest BCUT2D eigenvalue weighted by Gasteiger charge is -2.29. The Balaban J connectivity index is 1.99. The largest absolute Gasteiger partial charge is 0.388 e. The molecule has 0 amide bonds. The van der Waals surface area contributed by atoms with E-state index in [0.717, 1.165) is 11.6 Å². The van der Waals surface area contributed by atoms with E-state index in [1.165, 1.54) is 32.1 Å². The molecule has 4 heteroatoms. The number of aromatic nitrogens is 1. The summed E-state index contributed by atoms with van der Waals surface area (Å²) in [6, 6.07) is 4.40. The number of hydrogen-bond acceptors (Lipinski definition) is 3. The van der Waals surface area contributed by atoms with E-state index >= 15 is 0 Å². The third-order valence-corrected chi connectivity index (χ3v) is 3.97. The second-order valence-corrected chi connectivity index (χ2v) is 5.56. The van der Waals surface area contributed by atoms with E-state index in [9.17, 15) is 0 Å². The summed E-state index contributed by atoms with van der Waals surface area (Å²) in [5.74, 6) is 0.778. The van der Waals surface area contributed by atoms with Gasteiger partial charge < -0.3 is 11.1 Å². The van der Waals surface area contributed by atoms with Gasteiger partial charge in [0, 0.05) is 17.9 Å². The standard InChI is InChI=1S/C14H21N3S/c1-10(11-5-3-2-4-6-11)17-12-7-8-16-13(9-12)14(15)18/h7-11H,2-6H2,1H3,(H2,15,18)(H,16,17). The van der Waals surface area contributed by atoms with Crippen LogP contribution >= 0.6 is 12.2 Å². The molecule has 1 saturated carbocycles. The molecule has 1 aromatic rings. The fraction of sp³-hybridized carbons (Fsp3) is 0.571. The summed E-state index contributed by atoms with van der Waals surface area (Å²) in [4.78, 5) is 4.50. The molecule has 3 N–H and O–H groups in total. The van der Waals surface area contributed by atoms with Crippen molar-refractivity contribution in [3.05, 3.63) is 24.0 Å². The summed E-state index contributed by atoms with van der Waals surface area (Å²) in [7, 11) is 0. The Hall–Kier alpha value is -1.16. The van der Waals surface area contributed by atoms with Crippen molar-refractivity contribution in [3.63, 3.8) is 0 Å². The lowest BCUT2D eigenvalue weighted by molar-refractivity contribution is 0.328. The van der Waals surface area contributed by atoms with E-state index in [4.69, 9.17) is 18.0 Å². The van der Waals surface area contributed by atoms with Gasteiger partial charge in [-0.2, -0.15) is 0 Å². The van der Waals surface area contributed by atoms with Crippen LogP contribution in [0.1, 0.15) is 44.7 Å². The third kappa shape index (κ3) is 3.42. The van der Waals surface area contributed by atoms with Crippen LogP contribution in [0.3, 0.4) is 0 Å². The maximum Gasteiger partial charge on any atom is 0.122 e. The lowest BCUT2D eigenvalue weighted by Crippen LogP contribution is -2.27. The van der Waals surface area contributed by atoms with Crippen LogP contribution in [0.15, 0.2) is 18.3 Å². The van der Waals surface area contributed by atoms with Crippen LogP contribution in [-0.2, 0) is 0 Å². The second-order valence-electron chi connectivity index (χ2n) is 5.13. The Morgan fingerprint density at radius 2 is 2.17 bits per heavy atom. The van der Waals surface area contributed by atoms with Crippen LogP contribution in [0.25, 0.3) is 0 Å². The predicted octanol–water partition coefficient (Wildman–Crippen LogP) is 3.10. The quantitative estimate of drug-likeness (QED) is 0.820. The summed E-state index contributed by atoms with van der Waals surface area (Å²) in [6.45, 7) is 2.26. The van der Waals surface area contributed by atoms with Crippen LogP contribution in [0, 0.1) is 5.92 Å². The molecular formula is C14H21N3S. The zero-order valence-electron chi connectivity index (χ0n) is 10.9. The van der Waals surface area contributed by atoms with Gasteiger partial charge in [0.05, 0.1) is 5.69 Å². The van der Waals surface area contributed by atoms with Crippen LogP contribution in [-0.4, -0.2) is 16.0 Å². The normalized spacial score (nSPS) is 18.3. The van der Waals surface area contributed by atoms with Gasteiger partial charge in [-0.25, -0.2) is 0 Å². The van der Waals surface area contributed by atoms with Gasteiger partial charge in [-0.15, -0.1) is 0 Å². The minimum Gasteiger partial charge on any atom is -0.388 e. The molecule has 3 nitrogen and oxygen atoms in total. The molecule has 2 rings (SSSR count). The third-order valence-electron chi connectivity index (χ3n) is 3.76. The summed E-state index contributed by atoms with van der Waals surface area (Å²) in [5.41, 5.74) is 7.34. The maximum atomic E-state index is 5.60. The van der Waals surface area contributed by atoms with Gasteiger partial charge in [-0.05, 0) is 37.8 Å². The molecule has 1 unspecified atom stereocenters. The first-order chi connectivity index (χ1) is 8.66. The number of rotatable bonds is 4. The molecule has 1 aliphatic rings. The summed E-state index contributed by atoms with van der Waals surface area (Å²) in [5, 5.41) is 3.55. The average Bonchev–Trinajstić information content (AvgIpc) is 2.40. The van der Waals surface area contributed by atoms with E-state index in [1.54, 1.807) is 6.20 Å². The fourth-order valence-electron chi connectivity index (χ4n) is 2.67. The Labute approximate surface area is 114 Å². The van der Waals surface area contributed by atoms with Gasteiger partial charge in [-0.3, -0.25) is 4.98 Å². The highest BCUT2D eigenvalue weighted by Crippen LogP contribution is 2.28. The highest BCUT2D eigenvalue weighted by atomic mass is 32.1. The van der Waals surface area contributed by atoms with Crippen molar-refractivity contribution < 1.29 is 0 Å². The van der Waals surface area contributed by atoms with E-state index in [2.05, 4.69) is 17.2 Å². The zero-order valence-corrected chi connectivity index (χ0v) is 11.7. The number of hydrogen-bond donors (Lipinski definition) is 2. The van der Waals surface area contributed by atoms with Crippen LogP contribution in [0.4, 0.5) is 5.69 Å². The predicted molar refractivity (Wildman–Crippen MR) is 79.8 cm³/mol. The molecule has 0 spiro atoms. The van der Waals surface area contributed by atoms with Crippen LogP contribution in [0.2, 0.25) is 0 Å². The molecular weight excluding hydrogens is 242 g/mol. The summed E-state index contributed by atoms with van der Waals surface area (Å²) >= 11 is 4.95. The number of pyridine rings is 1. The van der Waals surface area contributed by atoms with Gasteiger partial charge in [-0.1, -0.05) is 31.5 Å². The van der Waals surface area contributed by atoms with Gasteiger partial charge >= 0.3 is 0 Å². The van der Waals surface area contributed by atoms with Crippen molar-refractivity contribution in [1.82, 2.24) is 4.98 Å². The molecule has 0 aromatic carbocycles. The highest BCUT2D eigenvalue weighted by Gasteiger charge is 2.19. The first-order valence-corrected chi connectivity index (χ1v) is 7.10.